The molecule has 0 N–H and O–H groups in total. The quantitative estimate of drug-likeness (QED) is 0.504. The Morgan fingerprint density at radius 2 is 1.88 bits per heavy atom. The van der Waals surface area contributed by atoms with Crippen LogP contribution in [0.1, 0.15) is 26.2 Å². The first-order valence-electron chi connectivity index (χ1n) is 5.97. The summed E-state index contributed by atoms with van der Waals surface area (Å²) in [6.45, 7) is 3.75. The number of ether oxygens (including phenoxy) is 5. The van der Waals surface area contributed by atoms with Crippen LogP contribution in [0.25, 0.3) is 0 Å². The standard InChI is InChI=1S/C11H20O6/c1-2-5-13-10(12)14-6-3-7-15-11-16-8-4-9-17-11/h11H,2-9H2,1H3. The van der Waals surface area contributed by atoms with E-state index in [-0.39, 0.29) is 6.61 Å². The molecule has 0 bridgehead atoms. The number of carbonyl (C=O) groups is 1. The van der Waals surface area contributed by atoms with Gasteiger partial charge in [0.15, 0.2) is 0 Å². The molecule has 17 heavy (non-hydrogen) atoms. The van der Waals surface area contributed by atoms with E-state index in [1.54, 1.807) is 0 Å². The third-order valence-corrected chi connectivity index (χ3v) is 1.98. The molecule has 100 valence electrons. The largest absolute Gasteiger partial charge is 0.508 e. The molecule has 0 spiro atoms. The highest BCUT2D eigenvalue weighted by Crippen LogP contribution is 2.06. The molecule has 0 aliphatic carbocycles. The van der Waals surface area contributed by atoms with Gasteiger partial charge in [-0.3, -0.25) is 0 Å². The maximum absolute atomic E-state index is 10.9. The van der Waals surface area contributed by atoms with Crippen molar-refractivity contribution < 1.29 is 28.5 Å². The van der Waals surface area contributed by atoms with Crippen LogP contribution in [0, 0.1) is 0 Å². The van der Waals surface area contributed by atoms with Gasteiger partial charge in [-0.2, -0.15) is 0 Å². The monoisotopic (exact) mass is 248 g/mol. The minimum absolute atomic E-state index is 0.273. The lowest BCUT2D eigenvalue weighted by atomic mass is 10.5. The lowest BCUT2D eigenvalue weighted by molar-refractivity contribution is -0.310. The van der Waals surface area contributed by atoms with Gasteiger partial charge < -0.3 is 23.7 Å². The highest BCUT2D eigenvalue weighted by molar-refractivity contribution is 5.59. The van der Waals surface area contributed by atoms with Crippen molar-refractivity contribution in [3.8, 4) is 0 Å². The zero-order valence-electron chi connectivity index (χ0n) is 10.2. The molecule has 0 radical (unpaired) electrons. The maximum Gasteiger partial charge on any atom is 0.508 e. The van der Waals surface area contributed by atoms with Gasteiger partial charge in [0.1, 0.15) is 0 Å². The van der Waals surface area contributed by atoms with Crippen molar-refractivity contribution in [2.45, 2.75) is 32.7 Å². The first kappa shape index (κ1) is 14.2. The minimum atomic E-state index is -0.628. The summed E-state index contributed by atoms with van der Waals surface area (Å²) in [5.74, 6) is 0. The second-order valence-electron chi connectivity index (χ2n) is 3.56. The Balaban J connectivity index is 1.88. The Bertz CT molecular complexity index is 202. The molecule has 0 saturated carbocycles. The molecule has 0 aromatic carbocycles. The van der Waals surface area contributed by atoms with Crippen molar-refractivity contribution in [1.29, 1.82) is 0 Å². The normalized spacial score (nSPS) is 16.8. The number of hydrogen-bond acceptors (Lipinski definition) is 6. The van der Waals surface area contributed by atoms with Gasteiger partial charge in [0.2, 0.25) is 0 Å². The fraction of sp³-hybridized carbons (Fsp3) is 0.909. The molecule has 0 amide bonds. The van der Waals surface area contributed by atoms with E-state index in [1.807, 2.05) is 6.92 Å². The molecule has 6 nitrogen and oxygen atoms in total. The second-order valence-corrected chi connectivity index (χ2v) is 3.56. The summed E-state index contributed by atoms with van der Waals surface area (Å²) in [4.78, 5) is 10.9. The molecule has 0 unspecified atom stereocenters. The summed E-state index contributed by atoms with van der Waals surface area (Å²) in [5, 5.41) is 0. The van der Waals surface area contributed by atoms with Gasteiger partial charge in [-0.15, -0.1) is 0 Å². The molecular formula is C11H20O6. The van der Waals surface area contributed by atoms with E-state index < -0.39 is 12.6 Å². The third kappa shape index (κ3) is 7.14. The van der Waals surface area contributed by atoms with Crippen LogP contribution in [0.15, 0.2) is 0 Å². The van der Waals surface area contributed by atoms with E-state index in [2.05, 4.69) is 0 Å². The molecule has 1 aliphatic heterocycles. The first-order valence-corrected chi connectivity index (χ1v) is 5.97. The fourth-order valence-corrected chi connectivity index (χ4v) is 1.18. The van der Waals surface area contributed by atoms with Crippen LogP contribution in [0.5, 0.6) is 0 Å². The number of hydrogen-bond donors (Lipinski definition) is 0. The molecule has 6 heteroatoms. The summed E-state index contributed by atoms with van der Waals surface area (Å²) in [5.41, 5.74) is 0. The Hall–Kier alpha value is -0.850. The van der Waals surface area contributed by atoms with E-state index in [9.17, 15) is 4.79 Å². The summed E-state index contributed by atoms with van der Waals surface area (Å²) >= 11 is 0. The summed E-state index contributed by atoms with van der Waals surface area (Å²) < 4.78 is 25.2. The summed E-state index contributed by atoms with van der Waals surface area (Å²) in [6, 6.07) is 0. The van der Waals surface area contributed by atoms with Crippen molar-refractivity contribution in [3.63, 3.8) is 0 Å². The van der Waals surface area contributed by atoms with Crippen molar-refractivity contribution >= 4 is 6.16 Å². The summed E-state index contributed by atoms with van der Waals surface area (Å²) in [6.07, 6.45) is 1.64. The van der Waals surface area contributed by atoms with E-state index in [0.29, 0.717) is 32.8 Å². The van der Waals surface area contributed by atoms with Gasteiger partial charge in [0.25, 0.3) is 6.48 Å². The highest BCUT2D eigenvalue weighted by Gasteiger charge is 2.13. The lowest BCUT2D eigenvalue weighted by Gasteiger charge is -2.22. The Labute approximate surface area is 101 Å². The van der Waals surface area contributed by atoms with Crippen LogP contribution in [0.4, 0.5) is 4.79 Å². The smallest absolute Gasteiger partial charge is 0.434 e. The maximum atomic E-state index is 10.9. The lowest BCUT2D eigenvalue weighted by Crippen LogP contribution is -2.28. The van der Waals surface area contributed by atoms with E-state index >= 15 is 0 Å². The minimum Gasteiger partial charge on any atom is -0.434 e. The van der Waals surface area contributed by atoms with Gasteiger partial charge in [-0.05, 0) is 12.8 Å². The molecule has 1 aliphatic rings. The van der Waals surface area contributed by atoms with Crippen LogP contribution in [-0.2, 0) is 23.7 Å². The molecule has 0 aromatic rings. The predicted octanol–water partition coefficient (Wildman–Crippen LogP) is 1.68. The third-order valence-electron chi connectivity index (χ3n) is 1.98. The average Bonchev–Trinajstić information content (AvgIpc) is 2.37. The topological polar surface area (TPSA) is 63.2 Å². The number of carbonyl (C=O) groups excluding carboxylic acids is 1. The Morgan fingerprint density at radius 3 is 2.59 bits per heavy atom. The molecule has 1 heterocycles. The van der Waals surface area contributed by atoms with Crippen LogP contribution >= 0.6 is 0 Å². The molecule has 1 rings (SSSR count). The molecule has 1 fully saturated rings. The SMILES string of the molecule is CCCOC(=O)OCCCOC1OCCCO1. The van der Waals surface area contributed by atoms with Gasteiger partial charge in [0, 0.05) is 6.42 Å². The number of rotatable bonds is 7. The van der Waals surface area contributed by atoms with E-state index in [1.165, 1.54) is 0 Å². The molecule has 0 atom stereocenters. The average molecular weight is 248 g/mol. The second kappa shape index (κ2) is 9.21. The molecular weight excluding hydrogens is 228 g/mol. The zero-order chi connectivity index (χ0) is 12.3. The van der Waals surface area contributed by atoms with Crippen LogP contribution in [0.3, 0.4) is 0 Å². The summed E-state index contributed by atoms with van der Waals surface area (Å²) in [7, 11) is 0. The van der Waals surface area contributed by atoms with Gasteiger partial charge >= 0.3 is 6.16 Å². The van der Waals surface area contributed by atoms with Crippen molar-refractivity contribution in [2.75, 3.05) is 33.0 Å². The van der Waals surface area contributed by atoms with Gasteiger partial charge in [-0.25, -0.2) is 4.79 Å². The van der Waals surface area contributed by atoms with Crippen molar-refractivity contribution in [1.82, 2.24) is 0 Å². The van der Waals surface area contributed by atoms with Crippen LogP contribution in [0.2, 0.25) is 0 Å². The first-order chi connectivity index (χ1) is 8.33. The fourth-order valence-electron chi connectivity index (χ4n) is 1.18. The predicted molar refractivity (Wildman–Crippen MR) is 58.5 cm³/mol. The Kier molecular flexibility index (Phi) is 7.70. The van der Waals surface area contributed by atoms with E-state index in [0.717, 1.165) is 12.8 Å². The van der Waals surface area contributed by atoms with Crippen molar-refractivity contribution in [3.05, 3.63) is 0 Å². The van der Waals surface area contributed by atoms with Crippen molar-refractivity contribution in [2.24, 2.45) is 0 Å². The van der Waals surface area contributed by atoms with Gasteiger partial charge in [-0.1, -0.05) is 6.92 Å². The van der Waals surface area contributed by atoms with E-state index in [4.69, 9.17) is 23.7 Å². The molecule has 0 aromatic heterocycles. The highest BCUT2D eigenvalue weighted by atomic mass is 16.8. The Morgan fingerprint density at radius 1 is 1.18 bits per heavy atom. The van der Waals surface area contributed by atoms with Gasteiger partial charge in [0.05, 0.1) is 33.0 Å². The zero-order valence-corrected chi connectivity index (χ0v) is 10.2. The molecule has 1 saturated heterocycles. The van der Waals surface area contributed by atoms with Crippen LogP contribution < -0.4 is 0 Å². The van der Waals surface area contributed by atoms with Crippen LogP contribution in [-0.4, -0.2) is 45.7 Å².